The summed E-state index contributed by atoms with van der Waals surface area (Å²) in [5, 5.41) is 0. The summed E-state index contributed by atoms with van der Waals surface area (Å²) in [4.78, 5) is 0. The van der Waals surface area contributed by atoms with E-state index >= 15 is 0 Å². The maximum absolute atomic E-state index is 11.7. The summed E-state index contributed by atoms with van der Waals surface area (Å²) in [5.41, 5.74) is 0.679. The lowest BCUT2D eigenvalue weighted by atomic mass is 10.5. The van der Waals surface area contributed by atoms with Gasteiger partial charge in [-0.25, -0.2) is 0 Å². The third kappa shape index (κ3) is 1.04. The van der Waals surface area contributed by atoms with Gasteiger partial charge in [0.25, 0.3) is 7.44 Å². The van der Waals surface area contributed by atoms with Crippen molar-refractivity contribution in [3.63, 3.8) is 0 Å². The highest BCUT2D eigenvalue weighted by Gasteiger charge is 2.32. The SMILES string of the molecule is C#CC1=CN(C)P(C)(=O)N1C. The van der Waals surface area contributed by atoms with Crippen LogP contribution in [0.25, 0.3) is 0 Å². The lowest BCUT2D eigenvalue weighted by molar-refractivity contribution is 0.502. The molecule has 0 fully saturated rings. The molecular formula is C7H11N2OP. The van der Waals surface area contributed by atoms with Crippen LogP contribution < -0.4 is 0 Å². The Balaban J connectivity index is 3.05. The number of nitrogens with zero attached hydrogens (tertiary/aromatic N) is 2. The van der Waals surface area contributed by atoms with Crippen LogP contribution >= 0.6 is 7.44 Å². The first kappa shape index (κ1) is 8.23. The molecule has 0 saturated carbocycles. The van der Waals surface area contributed by atoms with E-state index in [1.54, 1.807) is 36.3 Å². The molecule has 3 nitrogen and oxygen atoms in total. The molecule has 0 aromatic rings. The smallest absolute Gasteiger partial charge is 0.259 e. The van der Waals surface area contributed by atoms with Crippen molar-refractivity contribution in [2.75, 3.05) is 20.8 Å². The van der Waals surface area contributed by atoms with E-state index in [0.29, 0.717) is 5.70 Å². The average molecular weight is 170 g/mol. The van der Waals surface area contributed by atoms with Gasteiger partial charge in [0.05, 0.1) is 0 Å². The third-order valence-corrected chi connectivity index (χ3v) is 4.56. The minimum atomic E-state index is -2.37. The summed E-state index contributed by atoms with van der Waals surface area (Å²) in [5.74, 6) is 2.47. The number of allylic oxidation sites excluding steroid dienone is 1. The highest BCUT2D eigenvalue weighted by molar-refractivity contribution is 7.58. The van der Waals surface area contributed by atoms with Gasteiger partial charge in [0.15, 0.2) is 0 Å². The van der Waals surface area contributed by atoms with Gasteiger partial charge < -0.3 is 9.34 Å². The topological polar surface area (TPSA) is 23.6 Å². The fourth-order valence-corrected chi connectivity index (χ4v) is 2.17. The predicted molar refractivity (Wildman–Crippen MR) is 46.0 cm³/mol. The molecule has 11 heavy (non-hydrogen) atoms. The van der Waals surface area contributed by atoms with E-state index in [1.807, 2.05) is 0 Å². The van der Waals surface area contributed by atoms with Gasteiger partial charge in [-0.15, -0.1) is 6.42 Å². The Labute approximate surface area is 67.2 Å². The summed E-state index contributed by atoms with van der Waals surface area (Å²) in [7, 11) is 1.15. The Morgan fingerprint density at radius 2 is 2.18 bits per heavy atom. The van der Waals surface area contributed by atoms with Crippen LogP contribution in [-0.2, 0) is 4.57 Å². The van der Waals surface area contributed by atoms with Crippen molar-refractivity contribution in [3.05, 3.63) is 11.9 Å². The van der Waals surface area contributed by atoms with Gasteiger partial charge in [0, 0.05) is 27.0 Å². The Bertz CT molecular complexity index is 289. The highest BCUT2D eigenvalue weighted by atomic mass is 31.2. The predicted octanol–water partition coefficient (Wildman–Crippen LogP) is 1.16. The van der Waals surface area contributed by atoms with Crippen molar-refractivity contribution >= 4 is 7.44 Å². The van der Waals surface area contributed by atoms with Crippen LogP contribution in [-0.4, -0.2) is 30.1 Å². The quantitative estimate of drug-likeness (QED) is 0.402. The molecular weight excluding hydrogens is 159 g/mol. The minimum Gasteiger partial charge on any atom is -0.314 e. The van der Waals surface area contributed by atoms with Crippen LogP contribution in [0.2, 0.25) is 0 Å². The normalized spacial score (nSPS) is 30.2. The fraction of sp³-hybridized carbons (Fsp3) is 0.429. The van der Waals surface area contributed by atoms with Crippen molar-refractivity contribution in [1.29, 1.82) is 0 Å². The van der Waals surface area contributed by atoms with Crippen molar-refractivity contribution in [2.24, 2.45) is 0 Å². The lowest BCUT2D eigenvalue weighted by Gasteiger charge is -2.23. The zero-order valence-corrected chi connectivity index (χ0v) is 7.80. The molecule has 1 aliphatic heterocycles. The molecule has 0 radical (unpaired) electrons. The van der Waals surface area contributed by atoms with Crippen molar-refractivity contribution < 1.29 is 4.57 Å². The van der Waals surface area contributed by atoms with Crippen LogP contribution in [0.3, 0.4) is 0 Å². The molecule has 1 heterocycles. The molecule has 0 aliphatic carbocycles. The Kier molecular flexibility index (Phi) is 1.74. The summed E-state index contributed by atoms with van der Waals surface area (Å²) in [6.45, 7) is 1.69. The van der Waals surface area contributed by atoms with Gasteiger partial charge in [0.2, 0.25) is 0 Å². The molecule has 0 aromatic heterocycles. The van der Waals surface area contributed by atoms with Crippen molar-refractivity contribution in [1.82, 2.24) is 9.34 Å². The van der Waals surface area contributed by atoms with Gasteiger partial charge in [-0.1, -0.05) is 5.92 Å². The van der Waals surface area contributed by atoms with E-state index in [1.165, 1.54) is 0 Å². The molecule has 0 saturated heterocycles. The second-order valence-corrected chi connectivity index (χ2v) is 5.49. The second-order valence-electron chi connectivity index (χ2n) is 2.59. The van der Waals surface area contributed by atoms with E-state index in [0.717, 1.165) is 0 Å². The Morgan fingerprint density at radius 1 is 1.64 bits per heavy atom. The maximum atomic E-state index is 11.7. The van der Waals surface area contributed by atoms with Crippen molar-refractivity contribution in [2.45, 2.75) is 0 Å². The zero-order chi connectivity index (χ0) is 8.65. The van der Waals surface area contributed by atoms with E-state index < -0.39 is 7.44 Å². The minimum absolute atomic E-state index is 0.679. The number of hydrogen-bond donors (Lipinski definition) is 0. The summed E-state index contributed by atoms with van der Waals surface area (Å²) in [6, 6.07) is 0. The van der Waals surface area contributed by atoms with E-state index in [4.69, 9.17) is 6.42 Å². The first-order valence-corrected chi connectivity index (χ1v) is 5.29. The van der Waals surface area contributed by atoms with E-state index in [2.05, 4.69) is 5.92 Å². The Hall–Kier alpha value is -0.870. The van der Waals surface area contributed by atoms with Gasteiger partial charge in [-0.05, 0) is 0 Å². The van der Waals surface area contributed by atoms with Gasteiger partial charge >= 0.3 is 0 Å². The number of rotatable bonds is 0. The van der Waals surface area contributed by atoms with E-state index in [9.17, 15) is 4.57 Å². The lowest BCUT2D eigenvalue weighted by Crippen LogP contribution is -2.12. The molecule has 1 aliphatic rings. The highest BCUT2D eigenvalue weighted by Crippen LogP contribution is 2.54. The fourth-order valence-electron chi connectivity index (χ4n) is 0.910. The molecule has 1 unspecified atom stereocenters. The van der Waals surface area contributed by atoms with Gasteiger partial charge in [-0.3, -0.25) is 4.57 Å². The molecule has 0 amide bonds. The van der Waals surface area contributed by atoms with E-state index in [-0.39, 0.29) is 0 Å². The second kappa shape index (κ2) is 2.32. The van der Waals surface area contributed by atoms with Crippen molar-refractivity contribution in [3.8, 4) is 12.3 Å². The number of hydrogen-bond acceptors (Lipinski definition) is 1. The third-order valence-electron chi connectivity index (χ3n) is 1.95. The molecule has 1 rings (SSSR count). The Morgan fingerprint density at radius 3 is 2.36 bits per heavy atom. The number of terminal acetylenes is 1. The van der Waals surface area contributed by atoms with Crippen LogP contribution in [0.5, 0.6) is 0 Å². The maximum Gasteiger partial charge on any atom is 0.259 e. The molecule has 0 bridgehead atoms. The molecule has 4 heteroatoms. The van der Waals surface area contributed by atoms with Crippen LogP contribution in [0.4, 0.5) is 0 Å². The average Bonchev–Trinajstić information content (AvgIpc) is 2.14. The summed E-state index contributed by atoms with van der Waals surface area (Å²) >= 11 is 0. The first-order valence-electron chi connectivity index (χ1n) is 3.23. The monoisotopic (exact) mass is 170 g/mol. The first-order chi connectivity index (χ1) is 5.00. The largest absolute Gasteiger partial charge is 0.314 e. The van der Waals surface area contributed by atoms with Crippen LogP contribution in [0.15, 0.2) is 11.9 Å². The molecule has 1 atom stereocenters. The molecule has 0 N–H and O–H groups in total. The van der Waals surface area contributed by atoms with Crippen LogP contribution in [0, 0.1) is 12.3 Å². The summed E-state index contributed by atoms with van der Waals surface area (Å²) < 4.78 is 15.1. The molecule has 0 spiro atoms. The zero-order valence-electron chi connectivity index (χ0n) is 6.90. The van der Waals surface area contributed by atoms with Gasteiger partial charge in [-0.2, -0.15) is 0 Å². The molecule has 0 aromatic carbocycles. The molecule has 60 valence electrons. The summed E-state index contributed by atoms with van der Waals surface area (Å²) in [6.07, 6.45) is 6.92. The van der Waals surface area contributed by atoms with Crippen LogP contribution in [0.1, 0.15) is 0 Å². The van der Waals surface area contributed by atoms with Gasteiger partial charge in [0.1, 0.15) is 5.70 Å². The standard InChI is InChI=1S/C7H11N2OP/c1-5-7-6-8(2)11(4,10)9(7)3/h1,6H,2-4H3.